The van der Waals surface area contributed by atoms with Crippen LogP contribution < -0.4 is 5.32 Å². The van der Waals surface area contributed by atoms with Crippen LogP contribution in [0.4, 0.5) is 5.69 Å². The number of carboxylic acid groups (broad SMARTS) is 1. The second kappa shape index (κ2) is 8.85. The minimum atomic E-state index is -0.833. The molecule has 1 atom stereocenters. The number of carbonyl (C=O) groups excluding carboxylic acids is 1. The van der Waals surface area contributed by atoms with Crippen molar-refractivity contribution in [3.8, 4) is 0 Å². The Balaban J connectivity index is 3.34. The van der Waals surface area contributed by atoms with Gasteiger partial charge in [-0.1, -0.05) is 13.8 Å². The molecule has 1 aromatic rings. The Morgan fingerprint density at radius 1 is 1.24 bits per heavy atom. The van der Waals surface area contributed by atoms with Crippen molar-refractivity contribution in [1.82, 2.24) is 0 Å². The van der Waals surface area contributed by atoms with Gasteiger partial charge in [-0.15, -0.1) is 0 Å². The van der Waals surface area contributed by atoms with E-state index in [1.165, 1.54) is 0 Å². The van der Waals surface area contributed by atoms with E-state index in [2.05, 4.69) is 73.1 Å². The van der Waals surface area contributed by atoms with E-state index in [0.29, 0.717) is 12.8 Å². The Hall–Kier alpha value is 0.350. The number of hydrogen-bond acceptors (Lipinski definition) is 2. The number of carboxylic acids is 1. The van der Waals surface area contributed by atoms with Crippen molar-refractivity contribution in [3.63, 3.8) is 0 Å². The van der Waals surface area contributed by atoms with Crippen molar-refractivity contribution in [3.05, 3.63) is 22.3 Å². The highest BCUT2D eigenvalue weighted by atomic mass is 127. The molecule has 21 heavy (non-hydrogen) atoms. The van der Waals surface area contributed by atoms with Gasteiger partial charge in [-0.2, -0.15) is 0 Å². The average molecular weight is 627 g/mol. The lowest BCUT2D eigenvalue weighted by Crippen LogP contribution is -2.18. The normalized spacial score (nSPS) is 12.0. The van der Waals surface area contributed by atoms with E-state index in [9.17, 15) is 14.7 Å². The van der Waals surface area contributed by atoms with Gasteiger partial charge in [0.1, 0.15) is 0 Å². The van der Waals surface area contributed by atoms with Crippen LogP contribution in [0, 0.1) is 10.7 Å². The summed E-state index contributed by atoms with van der Waals surface area (Å²) in [7, 11) is 0. The van der Waals surface area contributed by atoms with Crippen molar-refractivity contribution in [1.29, 1.82) is 0 Å². The smallest absolute Gasteiger partial charge is 0.311 e. The minimum absolute atomic E-state index is 0.0381. The number of rotatable bonds is 6. The maximum atomic E-state index is 11.9. The molecule has 2 N–H and O–H groups in total. The van der Waals surface area contributed by atoms with Crippen LogP contribution in [-0.2, 0) is 9.59 Å². The number of carbonyl (C=O) groups is 2. The van der Waals surface area contributed by atoms with Gasteiger partial charge >= 0.3 is 5.97 Å². The van der Waals surface area contributed by atoms with Crippen LogP contribution >= 0.6 is 67.8 Å². The molecule has 0 spiro atoms. The van der Waals surface area contributed by atoms with E-state index in [-0.39, 0.29) is 5.91 Å². The second-order valence-electron chi connectivity index (χ2n) is 4.54. The molecule has 1 aromatic carbocycles. The monoisotopic (exact) mass is 627 g/mol. The highest BCUT2D eigenvalue weighted by Crippen LogP contribution is 2.37. The molecule has 4 nitrogen and oxygen atoms in total. The topological polar surface area (TPSA) is 66.4 Å². The number of nitrogens with one attached hydrogen (secondary N) is 1. The van der Waals surface area contributed by atoms with Gasteiger partial charge < -0.3 is 10.4 Å². The lowest BCUT2D eigenvalue weighted by atomic mass is 9.96. The highest BCUT2D eigenvalue weighted by Gasteiger charge is 2.26. The molecule has 1 amide bonds. The first-order valence-corrected chi connectivity index (χ1v) is 9.77. The summed E-state index contributed by atoms with van der Waals surface area (Å²) in [4.78, 5) is 23.3. The maximum absolute atomic E-state index is 11.9. The summed E-state index contributed by atoms with van der Waals surface area (Å²) in [5.74, 6) is -1.42. The molecule has 7 heteroatoms. The van der Waals surface area contributed by atoms with E-state index in [4.69, 9.17) is 0 Å². The quantitative estimate of drug-likeness (QED) is 0.446. The van der Waals surface area contributed by atoms with Crippen molar-refractivity contribution in [2.45, 2.75) is 39.0 Å². The Bertz CT molecular complexity index is 561. The standard InChI is InChI=1S/C14H16I3NO3/c1-3-5-10(19)18-13-9(16)6-8(15)11(12(13)17)7(4-2)14(20)21/h6-7H,3-5H2,1-2H3,(H,18,19)(H,20,21). The lowest BCUT2D eigenvalue weighted by molar-refractivity contribution is -0.138. The number of hydrogen-bond donors (Lipinski definition) is 2. The van der Waals surface area contributed by atoms with E-state index >= 15 is 0 Å². The number of amides is 1. The van der Waals surface area contributed by atoms with Crippen LogP contribution in [0.2, 0.25) is 0 Å². The summed E-state index contributed by atoms with van der Waals surface area (Å²) >= 11 is 6.47. The van der Waals surface area contributed by atoms with Crippen molar-refractivity contribution < 1.29 is 14.7 Å². The summed E-state index contributed by atoms with van der Waals surface area (Å²) in [6, 6.07) is 1.92. The first-order chi connectivity index (χ1) is 9.83. The van der Waals surface area contributed by atoms with Crippen LogP contribution in [0.5, 0.6) is 0 Å². The molecule has 1 unspecified atom stereocenters. The first kappa shape index (κ1) is 19.4. The zero-order chi connectivity index (χ0) is 16.2. The number of anilines is 1. The van der Waals surface area contributed by atoms with E-state index in [0.717, 1.165) is 28.4 Å². The molecule has 0 aromatic heterocycles. The maximum Gasteiger partial charge on any atom is 0.311 e. The van der Waals surface area contributed by atoms with E-state index in [1.54, 1.807) is 0 Å². The SMILES string of the molecule is CCCC(=O)Nc1c(I)cc(I)c(C(CC)C(=O)O)c1I. The number of benzene rings is 1. The molecule has 0 aliphatic heterocycles. The van der Waals surface area contributed by atoms with Crippen LogP contribution in [0.1, 0.15) is 44.6 Å². The molecular weight excluding hydrogens is 611 g/mol. The predicted octanol–water partition coefficient (Wildman–Crippen LogP) is 4.82. The van der Waals surface area contributed by atoms with Gasteiger partial charge in [-0.05, 0) is 92.2 Å². The summed E-state index contributed by atoms with van der Waals surface area (Å²) in [6.07, 6.45) is 1.76. The number of halogens is 3. The summed E-state index contributed by atoms with van der Waals surface area (Å²) in [5.41, 5.74) is 1.52. The Kier molecular flexibility index (Phi) is 8.17. The molecule has 0 aliphatic rings. The second-order valence-corrected chi connectivity index (χ2v) is 7.94. The average Bonchev–Trinajstić information content (AvgIpc) is 2.39. The molecule has 0 saturated carbocycles. The fourth-order valence-corrected chi connectivity index (χ4v) is 6.36. The van der Waals surface area contributed by atoms with Gasteiger partial charge in [0.2, 0.25) is 5.91 Å². The zero-order valence-electron chi connectivity index (χ0n) is 11.7. The van der Waals surface area contributed by atoms with Crippen molar-refractivity contribution in [2.75, 3.05) is 5.32 Å². The minimum Gasteiger partial charge on any atom is -0.481 e. The largest absolute Gasteiger partial charge is 0.481 e. The molecule has 1 rings (SSSR count). The third-order valence-electron chi connectivity index (χ3n) is 3.00. The molecule has 0 saturated heterocycles. The molecule has 0 aliphatic carbocycles. The van der Waals surface area contributed by atoms with Gasteiger partial charge in [-0.3, -0.25) is 9.59 Å². The van der Waals surface area contributed by atoms with Crippen molar-refractivity contribution in [2.24, 2.45) is 0 Å². The zero-order valence-corrected chi connectivity index (χ0v) is 18.1. The molecular formula is C14H16I3NO3. The van der Waals surface area contributed by atoms with E-state index in [1.807, 2.05) is 19.9 Å². The van der Waals surface area contributed by atoms with Crippen LogP contribution in [0.3, 0.4) is 0 Å². The molecule has 0 fully saturated rings. The summed E-state index contributed by atoms with van der Waals surface area (Å²) in [6.45, 7) is 3.81. The highest BCUT2D eigenvalue weighted by molar-refractivity contribution is 14.1. The van der Waals surface area contributed by atoms with Gasteiger partial charge in [-0.25, -0.2) is 0 Å². The van der Waals surface area contributed by atoms with Crippen LogP contribution in [0.15, 0.2) is 6.07 Å². The number of aliphatic carboxylic acids is 1. The molecule has 0 heterocycles. The van der Waals surface area contributed by atoms with Gasteiger partial charge in [0.25, 0.3) is 0 Å². The van der Waals surface area contributed by atoms with Crippen LogP contribution in [0.25, 0.3) is 0 Å². The molecule has 0 radical (unpaired) electrons. The lowest BCUT2D eigenvalue weighted by Gasteiger charge is -2.19. The fourth-order valence-electron chi connectivity index (χ4n) is 1.97. The Morgan fingerprint density at radius 3 is 2.33 bits per heavy atom. The van der Waals surface area contributed by atoms with Gasteiger partial charge in [0, 0.05) is 17.1 Å². The molecule has 0 bridgehead atoms. The summed E-state index contributed by atoms with van der Waals surface area (Å²) in [5, 5.41) is 12.3. The fraction of sp³-hybridized carbons (Fsp3) is 0.429. The van der Waals surface area contributed by atoms with Crippen molar-refractivity contribution >= 4 is 85.3 Å². The van der Waals surface area contributed by atoms with Crippen LogP contribution in [-0.4, -0.2) is 17.0 Å². The third-order valence-corrected chi connectivity index (χ3v) is 5.87. The van der Waals surface area contributed by atoms with Gasteiger partial charge in [0.05, 0.1) is 11.6 Å². The summed E-state index contributed by atoms with van der Waals surface area (Å²) < 4.78 is 2.67. The third kappa shape index (κ3) is 4.91. The van der Waals surface area contributed by atoms with Gasteiger partial charge in [0.15, 0.2) is 0 Å². The van der Waals surface area contributed by atoms with E-state index < -0.39 is 11.9 Å². The first-order valence-electron chi connectivity index (χ1n) is 6.53. The molecule has 116 valence electrons. The Labute approximate surface area is 165 Å². The Morgan fingerprint density at radius 2 is 1.86 bits per heavy atom. The predicted molar refractivity (Wildman–Crippen MR) is 109 cm³/mol.